The van der Waals surface area contributed by atoms with Crippen LogP contribution in [0.4, 0.5) is 0 Å². The van der Waals surface area contributed by atoms with E-state index >= 15 is 0 Å². The van der Waals surface area contributed by atoms with Gasteiger partial charge in [-0.2, -0.15) is 0 Å². The molecule has 6 heteroatoms. The van der Waals surface area contributed by atoms with Crippen molar-refractivity contribution in [1.82, 2.24) is 5.32 Å². The average molecular weight is 872 g/mol. The maximum Gasteiger partial charge on any atom is 0.305 e. The molecule has 0 aliphatic heterocycles. The van der Waals surface area contributed by atoms with E-state index in [9.17, 15) is 19.8 Å². The van der Waals surface area contributed by atoms with Crippen molar-refractivity contribution in [2.24, 2.45) is 0 Å². The molecule has 0 heterocycles. The van der Waals surface area contributed by atoms with E-state index in [0.29, 0.717) is 25.9 Å². The van der Waals surface area contributed by atoms with Gasteiger partial charge in [0.1, 0.15) is 0 Å². The third-order valence-electron chi connectivity index (χ3n) is 12.4. The van der Waals surface area contributed by atoms with Gasteiger partial charge in [-0.1, -0.05) is 224 Å². The summed E-state index contributed by atoms with van der Waals surface area (Å²) in [5.74, 6) is -0.0564. The normalized spacial score (nSPS) is 12.9. The van der Waals surface area contributed by atoms with Crippen molar-refractivity contribution in [2.45, 2.75) is 296 Å². The molecule has 2 unspecified atom stereocenters. The lowest BCUT2D eigenvalue weighted by molar-refractivity contribution is -0.143. The van der Waals surface area contributed by atoms with Crippen molar-refractivity contribution in [2.75, 3.05) is 13.2 Å². The number of hydrogen-bond donors (Lipinski definition) is 3. The highest BCUT2D eigenvalue weighted by Gasteiger charge is 2.20. The molecular formula is C56H105NO5. The summed E-state index contributed by atoms with van der Waals surface area (Å²) in [4.78, 5) is 24.5. The second kappa shape index (κ2) is 51.7. The lowest BCUT2D eigenvalue weighted by Gasteiger charge is -2.22. The van der Waals surface area contributed by atoms with Gasteiger partial charge in [0.15, 0.2) is 0 Å². The SMILES string of the molecule is CCCCC/C=C\C/C=C\CCCCCCCCCCCC(=O)OCCCCCCCC/C=C\CCCCCCCCCC(=O)NC(CO)C(O)CCCCCCCCCCC. The minimum atomic E-state index is -0.670. The molecule has 0 rings (SSSR count). The van der Waals surface area contributed by atoms with Crippen LogP contribution in [0.3, 0.4) is 0 Å². The monoisotopic (exact) mass is 872 g/mol. The van der Waals surface area contributed by atoms with Crippen LogP contribution in [0.15, 0.2) is 36.5 Å². The first-order chi connectivity index (χ1) is 30.5. The first-order valence-electron chi connectivity index (χ1n) is 27.2. The Kier molecular flexibility index (Phi) is 50.1. The van der Waals surface area contributed by atoms with Crippen LogP contribution >= 0.6 is 0 Å². The van der Waals surface area contributed by atoms with E-state index in [1.807, 2.05) is 0 Å². The Balaban J connectivity index is 3.42. The van der Waals surface area contributed by atoms with Crippen molar-refractivity contribution in [3.8, 4) is 0 Å². The molecule has 6 nitrogen and oxygen atoms in total. The summed E-state index contributed by atoms with van der Waals surface area (Å²) < 4.78 is 5.48. The van der Waals surface area contributed by atoms with Gasteiger partial charge >= 0.3 is 5.97 Å². The zero-order valence-electron chi connectivity index (χ0n) is 41.4. The minimum absolute atomic E-state index is 0.00619. The van der Waals surface area contributed by atoms with Crippen LogP contribution in [-0.2, 0) is 14.3 Å². The van der Waals surface area contributed by atoms with Crippen molar-refractivity contribution in [3.63, 3.8) is 0 Å². The topological polar surface area (TPSA) is 95.9 Å². The second-order valence-corrected chi connectivity index (χ2v) is 18.6. The molecular weight excluding hydrogens is 767 g/mol. The summed E-state index contributed by atoms with van der Waals surface area (Å²) in [7, 11) is 0. The summed E-state index contributed by atoms with van der Waals surface area (Å²) in [6.45, 7) is 4.88. The number of carbonyl (C=O) groups is 2. The molecule has 3 N–H and O–H groups in total. The highest BCUT2D eigenvalue weighted by Crippen LogP contribution is 2.16. The third kappa shape index (κ3) is 47.6. The van der Waals surface area contributed by atoms with E-state index < -0.39 is 12.1 Å². The molecule has 0 aliphatic carbocycles. The zero-order chi connectivity index (χ0) is 45.1. The van der Waals surface area contributed by atoms with Gasteiger partial charge < -0.3 is 20.3 Å². The minimum Gasteiger partial charge on any atom is -0.466 e. The fraction of sp³-hybridized carbons (Fsp3) is 0.857. The van der Waals surface area contributed by atoms with Crippen molar-refractivity contribution >= 4 is 11.9 Å². The number of allylic oxidation sites excluding steroid dienone is 6. The fourth-order valence-electron chi connectivity index (χ4n) is 8.19. The maximum atomic E-state index is 12.4. The number of esters is 1. The van der Waals surface area contributed by atoms with Crippen LogP contribution in [0, 0.1) is 0 Å². The van der Waals surface area contributed by atoms with Crippen LogP contribution in [-0.4, -0.2) is 47.4 Å². The molecule has 0 aromatic carbocycles. The summed E-state index contributed by atoms with van der Waals surface area (Å²) in [6.07, 6.45) is 62.7. The van der Waals surface area contributed by atoms with Gasteiger partial charge in [0.05, 0.1) is 25.4 Å². The van der Waals surface area contributed by atoms with E-state index in [-0.39, 0.29) is 18.5 Å². The molecule has 0 fully saturated rings. The van der Waals surface area contributed by atoms with Crippen LogP contribution in [0.25, 0.3) is 0 Å². The fourth-order valence-corrected chi connectivity index (χ4v) is 8.19. The molecule has 0 spiro atoms. The van der Waals surface area contributed by atoms with Crippen LogP contribution in [0.1, 0.15) is 284 Å². The number of aliphatic hydroxyl groups is 2. The first kappa shape index (κ1) is 60.1. The highest BCUT2D eigenvalue weighted by molar-refractivity contribution is 5.76. The van der Waals surface area contributed by atoms with Gasteiger partial charge in [-0.25, -0.2) is 0 Å². The Bertz CT molecular complexity index is 1010. The van der Waals surface area contributed by atoms with Gasteiger partial charge in [0.2, 0.25) is 5.91 Å². The zero-order valence-corrected chi connectivity index (χ0v) is 41.4. The maximum absolute atomic E-state index is 12.4. The largest absolute Gasteiger partial charge is 0.466 e. The quantitative estimate of drug-likeness (QED) is 0.0321. The number of ether oxygens (including phenoxy) is 1. The Morgan fingerprint density at radius 2 is 0.806 bits per heavy atom. The number of nitrogens with one attached hydrogen (secondary N) is 1. The molecule has 2 atom stereocenters. The molecule has 62 heavy (non-hydrogen) atoms. The molecule has 0 aromatic rings. The van der Waals surface area contributed by atoms with Crippen LogP contribution in [0.2, 0.25) is 0 Å². The third-order valence-corrected chi connectivity index (χ3v) is 12.4. The molecule has 1 amide bonds. The van der Waals surface area contributed by atoms with E-state index in [4.69, 9.17) is 4.74 Å². The van der Waals surface area contributed by atoms with E-state index in [1.54, 1.807) is 0 Å². The highest BCUT2D eigenvalue weighted by atomic mass is 16.5. The molecule has 0 bridgehead atoms. The van der Waals surface area contributed by atoms with Crippen molar-refractivity contribution in [3.05, 3.63) is 36.5 Å². The number of hydrogen-bond acceptors (Lipinski definition) is 5. The summed E-state index contributed by atoms with van der Waals surface area (Å²) >= 11 is 0. The second-order valence-electron chi connectivity index (χ2n) is 18.6. The van der Waals surface area contributed by atoms with Gasteiger partial charge in [-0.05, 0) is 83.5 Å². The van der Waals surface area contributed by atoms with Gasteiger partial charge in [0, 0.05) is 12.8 Å². The number of unbranched alkanes of at least 4 members (excludes halogenated alkanes) is 33. The van der Waals surface area contributed by atoms with Gasteiger partial charge in [0.25, 0.3) is 0 Å². The predicted octanol–water partition coefficient (Wildman–Crippen LogP) is 16.5. The Morgan fingerprint density at radius 1 is 0.452 bits per heavy atom. The van der Waals surface area contributed by atoms with Gasteiger partial charge in [-0.3, -0.25) is 9.59 Å². The molecule has 0 radical (unpaired) electrons. The molecule has 0 aliphatic rings. The Labute approximate surface area is 385 Å². The summed E-state index contributed by atoms with van der Waals surface area (Å²) in [6, 6.07) is -0.549. The van der Waals surface area contributed by atoms with E-state index in [1.165, 1.54) is 186 Å². The van der Waals surface area contributed by atoms with E-state index in [2.05, 4.69) is 55.6 Å². The van der Waals surface area contributed by atoms with E-state index in [0.717, 1.165) is 64.2 Å². The lowest BCUT2D eigenvalue weighted by atomic mass is 10.0. The average Bonchev–Trinajstić information content (AvgIpc) is 3.27. The number of carbonyl (C=O) groups excluding carboxylic acids is 2. The first-order valence-corrected chi connectivity index (χ1v) is 27.2. The van der Waals surface area contributed by atoms with Crippen molar-refractivity contribution < 1.29 is 24.5 Å². The summed E-state index contributed by atoms with van der Waals surface area (Å²) in [5.41, 5.74) is 0. The number of aliphatic hydroxyl groups excluding tert-OH is 2. The molecule has 0 aromatic heterocycles. The summed E-state index contributed by atoms with van der Waals surface area (Å²) in [5, 5.41) is 23.1. The number of amides is 1. The Morgan fingerprint density at radius 3 is 1.27 bits per heavy atom. The molecule has 0 saturated carbocycles. The van der Waals surface area contributed by atoms with Crippen LogP contribution < -0.4 is 5.32 Å². The lowest BCUT2D eigenvalue weighted by Crippen LogP contribution is -2.45. The van der Waals surface area contributed by atoms with Crippen molar-refractivity contribution in [1.29, 1.82) is 0 Å². The Hall–Kier alpha value is -1.92. The number of rotatable bonds is 50. The van der Waals surface area contributed by atoms with Gasteiger partial charge in [-0.15, -0.1) is 0 Å². The molecule has 364 valence electrons. The smallest absolute Gasteiger partial charge is 0.305 e. The molecule has 0 saturated heterocycles. The predicted molar refractivity (Wildman–Crippen MR) is 269 cm³/mol. The standard InChI is InChI=1S/C56H105NO5/c1-3-5-7-9-11-13-14-15-16-17-18-21-24-27-30-34-38-42-46-50-56(61)62-51-47-43-39-35-31-28-25-22-19-20-23-26-29-33-37-41-45-49-55(60)57-53(52-58)54(59)48-44-40-36-32-12-10-8-6-4-2/h11,13,15-16,19,22,53-54,58-59H,3-10,12,14,17-18,20-21,23-52H2,1-2H3,(H,57,60)/b13-11-,16-15-,22-19-. The van der Waals surface area contributed by atoms with Crippen LogP contribution in [0.5, 0.6) is 0 Å².